The molecule has 3 N–H and O–H groups in total. The third-order valence-corrected chi connectivity index (χ3v) is 8.04. The highest BCUT2D eigenvalue weighted by atomic mass is 32.2. The molecule has 1 aliphatic heterocycles. The van der Waals surface area contributed by atoms with Crippen molar-refractivity contribution in [3.63, 3.8) is 0 Å². The van der Waals surface area contributed by atoms with Crippen LogP contribution >= 0.6 is 19.5 Å². The van der Waals surface area contributed by atoms with Crippen LogP contribution in [0.3, 0.4) is 0 Å². The number of amides is 2. The molecular weight excluding hydrogens is 497 g/mol. The second kappa shape index (κ2) is 13.6. The summed E-state index contributed by atoms with van der Waals surface area (Å²) >= 11 is 1.37. The second-order valence-electron chi connectivity index (χ2n) is 8.07. The lowest BCUT2D eigenvalue weighted by Crippen LogP contribution is -2.37. The van der Waals surface area contributed by atoms with Crippen molar-refractivity contribution in [3.05, 3.63) is 42.6 Å². The molecule has 2 rings (SSSR count). The summed E-state index contributed by atoms with van der Waals surface area (Å²) in [4.78, 5) is 35.7. The highest BCUT2D eigenvalue weighted by Gasteiger charge is 2.39. The molecule has 0 bridgehead atoms. The maximum Gasteiger partial charge on any atom is 0.459 e. The lowest BCUT2D eigenvalue weighted by atomic mass is 10.2. The molecule has 1 heterocycles. The van der Waals surface area contributed by atoms with Gasteiger partial charge in [0.2, 0.25) is 6.41 Å². The quantitative estimate of drug-likeness (QED) is 0.149. The Bertz CT molecular complexity index is 933. The van der Waals surface area contributed by atoms with Gasteiger partial charge < -0.3 is 19.3 Å². The SMILES string of the molecule is CC(C)OC(=O)C(C)NP(=O)(OCC1SC(N(C)/C=C\C(=O)NC=O)CC1O)Oc1ccccc1. The van der Waals surface area contributed by atoms with Crippen molar-refractivity contribution in [1.29, 1.82) is 0 Å². The molecule has 1 aromatic carbocycles. The third-order valence-electron chi connectivity index (χ3n) is 4.76. The number of esters is 1. The van der Waals surface area contributed by atoms with Crippen LogP contribution in [0.25, 0.3) is 0 Å². The van der Waals surface area contributed by atoms with Crippen LogP contribution in [0.1, 0.15) is 27.2 Å². The molecule has 13 heteroatoms. The highest BCUT2D eigenvalue weighted by Crippen LogP contribution is 2.47. The highest BCUT2D eigenvalue weighted by molar-refractivity contribution is 8.00. The molecule has 1 saturated heterocycles. The number of hydrogen-bond donors (Lipinski definition) is 3. The van der Waals surface area contributed by atoms with E-state index in [4.69, 9.17) is 13.8 Å². The molecule has 0 saturated carbocycles. The first-order valence-electron chi connectivity index (χ1n) is 11.0. The Morgan fingerprint density at radius 2 is 1.97 bits per heavy atom. The van der Waals surface area contributed by atoms with Crippen LogP contribution in [-0.4, -0.2) is 70.8 Å². The van der Waals surface area contributed by atoms with E-state index in [9.17, 15) is 24.1 Å². The van der Waals surface area contributed by atoms with Crippen LogP contribution in [0.5, 0.6) is 5.75 Å². The van der Waals surface area contributed by atoms with Gasteiger partial charge in [-0.05, 0) is 32.9 Å². The van der Waals surface area contributed by atoms with Crippen LogP contribution in [-0.2, 0) is 28.2 Å². The normalized spacial score (nSPS) is 22.4. The van der Waals surface area contributed by atoms with Gasteiger partial charge in [-0.15, -0.1) is 11.8 Å². The maximum atomic E-state index is 13.6. The van der Waals surface area contributed by atoms with E-state index in [-0.39, 0.29) is 23.8 Å². The van der Waals surface area contributed by atoms with Gasteiger partial charge in [-0.1, -0.05) is 18.2 Å². The van der Waals surface area contributed by atoms with Gasteiger partial charge in [0.15, 0.2) is 0 Å². The number of aliphatic hydroxyl groups excluding tert-OH is 1. The Kier molecular flexibility index (Phi) is 11.3. The Hall–Kier alpha value is -2.37. The predicted molar refractivity (Wildman–Crippen MR) is 131 cm³/mol. The van der Waals surface area contributed by atoms with Crippen molar-refractivity contribution >= 4 is 37.8 Å². The van der Waals surface area contributed by atoms with Gasteiger partial charge in [0.05, 0.1) is 29.4 Å². The molecule has 1 aromatic rings. The van der Waals surface area contributed by atoms with Crippen molar-refractivity contribution in [2.45, 2.75) is 56.1 Å². The fraction of sp³-hybridized carbons (Fsp3) is 0.500. The number of ether oxygens (including phenoxy) is 1. The van der Waals surface area contributed by atoms with Gasteiger partial charge in [-0.3, -0.25) is 24.2 Å². The number of thioether (sulfide) groups is 1. The molecule has 0 aliphatic carbocycles. The molecule has 194 valence electrons. The van der Waals surface area contributed by atoms with Crippen molar-refractivity contribution < 1.29 is 37.8 Å². The molecule has 5 unspecified atom stereocenters. The van der Waals surface area contributed by atoms with Gasteiger partial charge >= 0.3 is 13.7 Å². The topological polar surface area (TPSA) is 143 Å². The zero-order chi connectivity index (χ0) is 26.0. The molecule has 35 heavy (non-hydrogen) atoms. The Labute approximate surface area is 209 Å². The zero-order valence-electron chi connectivity index (χ0n) is 20.0. The van der Waals surface area contributed by atoms with Crippen molar-refractivity contribution in [2.75, 3.05) is 13.7 Å². The molecule has 11 nitrogen and oxygen atoms in total. The molecular formula is C22H32N3O8PS. The minimum absolute atomic E-state index is 0.130. The fourth-order valence-electron chi connectivity index (χ4n) is 3.01. The van der Waals surface area contributed by atoms with E-state index in [1.165, 1.54) is 31.0 Å². The Balaban J connectivity index is 2.05. The first-order valence-corrected chi connectivity index (χ1v) is 13.5. The largest absolute Gasteiger partial charge is 0.462 e. The maximum absolute atomic E-state index is 13.6. The standard InChI is InChI=1S/C22H32N3O8PS/c1-15(2)32-22(29)16(3)24-34(30,33-17-8-6-5-7-9-17)31-13-19-18(27)12-21(35-19)25(4)11-10-20(28)23-14-26/h5-11,14-16,18-19,21,27H,12-13H2,1-4H3,(H,24,30)(H,23,26,28)/b11-10-. The minimum atomic E-state index is -4.04. The summed E-state index contributed by atoms with van der Waals surface area (Å²) in [6, 6.07) is 7.41. The van der Waals surface area contributed by atoms with Crippen LogP contribution in [0.4, 0.5) is 0 Å². The average Bonchev–Trinajstić information content (AvgIpc) is 3.17. The molecule has 1 fully saturated rings. The summed E-state index contributed by atoms with van der Waals surface area (Å²) in [7, 11) is -2.31. The van der Waals surface area contributed by atoms with E-state index >= 15 is 0 Å². The van der Waals surface area contributed by atoms with Crippen LogP contribution < -0.4 is 14.9 Å². The van der Waals surface area contributed by atoms with E-state index in [2.05, 4.69) is 5.09 Å². The summed E-state index contributed by atoms with van der Waals surface area (Å²) in [6.07, 6.45) is 2.23. The third kappa shape index (κ3) is 9.65. The number of para-hydroxylation sites is 1. The number of carbonyl (C=O) groups excluding carboxylic acids is 3. The van der Waals surface area contributed by atoms with Gasteiger partial charge in [0, 0.05) is 25.7 Å². The number of nitrogens with zero attached hydrogens (tertiary/aromatic N) is 1. The Morgan fingerprint density at radius 3 is 2.60 bits per heavy atom. The van der Waals surface area contributed by atoms with Gasteiger partial charge in [-0.2, -0.15) is 5.09 Å². The van der Waals surface area contributed by atoms with Crippen molar-refractivity contribution in [3.8, 4) is 5.75 Å². The van der Waals surface area contributed by atoms with E-state index in [1.54, 1.807) is 56.1 Å². The van der Waals surface area contributed by atoms with Gasteiger partial charge in [0.1, 0.15) is 11.8 Å². The summed E-state index contributed by atoms with van der Waals surface area (Å²) in [5.74, 6) is -0.892. The van der Waals surface area contributed by atoms with Gasteiger partial charge in [0.25, 0.3) is 5.91 Å². The molecule has 1 aliphatic rings. The number of hydrogen-bond acceptors (Lipinski definition) is 10. The summed E-state index contributed by atoms with van der Waals surface area (Å²) in [5, 5.41) is 14.5. The number of rotatable bonds is 13. The Morgan fingerprint density at radius 1 is 1.29 bits per heavy atom. The number of carbonyl (C=O) groups is 3. The number of aliphatic hydroxyl groups is 1. The van der Waals surface area contributed by atoms with E-state index in [1.807, 2.05) is 5.32 Å². The molecule has 5 atom stereocenters. The molecule has 0 aromatic heterocycles. The van der Waals surface area contributed by atoms with Crippen molar-refractivity contribution in [1.82, 2.24) is 15.3 Å². The monoisotopic (exact) mass is 529 g/mol. The minimum Gasteiger partial charge on any atom is -0.462 e. The lowest BCUT2D eigenvalue weighted by molar-refractivity contribution is -0.149. The first-order chi connectivity index (χ1) is 16.5. The second-order valence-corrected chi connectivity index (χ2v) is 11.2. The van der Waals surface area contributed by atoms with E-state index in [0.29, 0.717) is 12.8 Å². The van der Waals surface area contributed by atoms with Gasteiger partial charge in [-0.25, -0.2) is 4.57 Å². The first kappa shape index (κ1) is 28.9. The molecule has 0 spiro atoms. The number of benzene rings is 1. The summed E-state index contributed by atoms with van der Waals surface area (Å²) < 4.78 is 30.0. The van der Waals surface area contributed by atoms with Crippen LogP contribution in [0, 0.1) is 0 Å². The van der Waals surface area contributed by atoms with Crippen molar-refractivity contribution in [2.24, 2.45) is 0 Å². The molecule has 0 radical (unpaired) electrons. The van der Waals surface area contributed by atoms with E-state index in [0.717, 1.165) is 0 Å². The average molecular weight is 530 g/mol. The molecule has 2 amide bonds. The van der Waals surface area contributed by atoms with Crippen LogP contribution in [0.15, 0.2) is 42.6 Å². The summed E-state index contributed by atoms with van der Waals surface area (Å²) in [6.45, 7) is 4.77. The number of nitrogens with one attached hydrogen (secondary N) is 2. The lowest BCUT2D eigenvalue weighted by Gasteiger charge is -2.25. The summed E-state index contributed by atoms with van der Waals surface area (Å²) in [5.41, 5.74) is 0. The van der Waals surface area contributed by atoms with Crippen LogP contribution in [0.2, 0.25) is 0 Å². The predicted octanol–water partition coefficient (Wildman–Crippen LogP) is 2.03. The fourth-order valence-corrected chi connectivity index (χ4v) is 6.04. The smallest absolute Gasteiger partial charge is 0.459 e. The zero-order valence-corrected chi connectivity index (χ0v) is 21.7. The van der Waals surface area contributed by atoms with E-state index < -0.39 is 37.0 Å². The number of imide groups is 1.